The van der Waals surface area contributed by atoms with Crippen molar-refractivity contribution in [3.63, 3.8) is 0 Å². The normalized spacial score (nSPS) is 16.3. The van der Waals surface area contributed by atoms with E-state index < -0.39 is 38.6 Å². The van der Waals surface area contributed by atoms with Crippen molar-refractivity contribution in [2.75, 3.05) is 18.4 Å². The van der Waals surface area contributed by atoms with Gasteiger partial charge >= 0.3 is 6.18 Å². The highest BCUT2D eigenvalue weighted by Crippen LogP contribution is 2.36. The highest BCUT2D eigenvalue weighted by molar-refractivity contribution is 9.10. The first-order valence-corrected chi connectivity index (χ1v) is 12.1. The van der Waals surface area contributed by atoms with Crippen molar-refractivity contribution >= 4 is 49.1 Å². The third-order valence-corrected chi connectivity index (χ3v) is 7.73. The summed E-state index contributed by atoms with van der Waals surface area (Å²) < 4.78 is 66.5. The minimum absolute atomic E-state index is 0.00739. The molecule has 2 aromatic carbocycles. The first-order valence-electron chi connectivity index (χ1n) is 9.35. The molecule has 0 radical (unpaired) electrons. The van der Waals surface area contributed by atoms with Crippen LogP contribution in [0.4, 0.5) is 18.9 Å². The molecular formula is C20H19BrClF3N2O3S. The summed E-state index contributed by atoms with van der Waals surface area (Å²) in [5.74, 6) is -1.08. The molecule has 1 N–H and O–H groups in total. The predicted molar refractivity (Wildman–Crippen MR) is 116 cm³/mol. The number of benzene rings is 2. The molecule has 0 bridgehead atoms. The summed E-state index contributed by atoms with van der Waals surface area (Å²) in [5.41, 5.74) is -0.376. The number of rotatable bonds is 5. The van der Waals surface area contributed by atoms with Crippen LogP contribution in [0.25, 0.3) is 0 Å². The number of carbonyl (C=O) groups is 1. The lowest BCUT2D eigenvalue weighted by Crippen LogP contribution is -2.41. The molecule has 1 aliphatic heterocycles. The minimum atomic E-state index is -4.63. The zero-order chi connectivity index (χ0) is 22.8. The summed E-state index contributed by atoms with van der Waals surface area (Å²) in [7, 11) is -3.54. The lowest BCUT2D eigenvalue weighted by molar-refractivity contribution is -0.137. The Labute approximate surface area is 191 Å². The van der Waals surface area contributed by atoms with E-state index in [1.165, 1.54) is 10.4 Å². The van der Waals surface area contributed by atoms with E-state index in [9.17, 15) is 26.4 Å². The number of alkyl halides is 3. The van der Waals surface area contributed by atoms with E-state index in [1.54, 1.807) is 24.3 Å². The van der Waals surface area contributed by atoms with Gasteiger partial charge in [0.2, 0.25) is 15.9 Å². The molecule has 3 rings (SSSR count). The van der Waals surface area contributed by atoms with E-state index >= 15 is 0 Å². The van der Waals surface area contributed by atoms with Crippen molar-refractivity contribution in [1.82, 2.24) is 4.31 Å². The summed E-state index contributed by atoms with van der Waals surface area (Å²) in [4.78, 5) is 12.5. The van der Waals surface area contributed by atoms with E-state index in [0.717, 1.165) is 16.6 Å². The van der Waals surface area contributed by atoms with Crippen LogP contribution in [0.5, 0.6) is 0 Å². The van der Waals surface area contributed by atoms with Crippen LogP contribution < -0.4 is 5.32 Å². The van der Waals surface area contributed by atoms with E-state index in [1.807, 2.05) is 0 Å². The second-order valence-electron chi connectivity index (χ2n) is 7.24. The van der Waals surface area contributed by atoms with Gasteiger partial charge in [-0.15, -0.1) is 0 Å². The highest BCUT2D eigenvalue weighted by Gasteiger charge is 2.34. The Bertz CT molecular complexity index is 1050. The average molecular weight is 540 g/mol. The van der Waals surface area contributed by atoms with Gasteiger partial charge in [-0.1, -0.05) is 39.7 Å². The number of piperidine rings is 1. The molecule has 2 aromatic rings. The molecule has 0 aliphatic carbocycles. The van der Waals surface area contributed by atoms with Crippen LogP contribution in [0, 0.1) is 5.92 Å². The highest BCUT2D eigenvalue weighted by atomic mass is 79.9. The maximum absolute atomic E-state index is 13.0. The molecule has 1 heterocycles. The molecule has 11 heteroatoms. The van der Waals surface area contributed by atoms with Crippen LogP contribution in [-0.4, -0.2) is 31.7 Å². The first kappa shape index (κ1) is 24.0. The average Bonchev–Trinajstić information content (AvgIpc) is 2.70. The molecular weight excluding hydrogens is 521 g/mol. The van der Waals surface area contributed by atoms with Crippen molar-refractivity contribution < 1.29 is 26.4 Å². The molecule has 0 saturated carbocycles. The SMILES string of the molecule is O=C(Nc1ccc(Cl)c(C(F)(F)F)c1)C1CCN(S(=O)(=O)Cc2ccc(Br)cc2)CC1. The predicted octanol–water partition coefficient (Wildman–Crippen LogP) is 5.30. The minimum Gasteiger partial charge on any atom is -0.326 e. The molecule has 0 unspecified atom stereocenters. The van der Waals surface area contributed by atoms with Gasteiger partial charge in [-0.25, -0.2) is 12.7 Å². The van der Waals surface area contributed by atoms with Crippen molar-refractivity contribution in [2.45, 2.75) is 24.8 Å². The van der Waals surface area contributed by atoms with Gasteiger partial charge in [0.1, 0.15) is 0 Å². The van der Waals surface area contributed by atoms with Crippen molar-refractivity contribution in [3.8, 4) is 0 Å². The molecule has 0 spiro atoms. The van der Waals surface area contributed by atoms with Crippen LogP contribution in [0.1, 0.15) is 24.0 Å². The summed E-state index contributed by atoms with van der Waals surface area (Å²) in [6.45, 7) is 0.344. The van der Waals surface area contributed by atoms with E-state index in [-0.39, 0.29) is 37.4 Å². The fourth-order valence-corrected chi connectivity index (χ4v) is 5.40. The number of hydrogen-bond acceptors (Lipinski definition) is 3. The number of nitrogens with zero attached hydrogens (tertiary/aromatic N) is 1. The zero-order valence-corrected chi connectivity index (χ0v) is 19.3. The number of amides is 1. The zero-order valence-electron chi connectivity index (χ0n) is 16.1. The molecule has 0 aromatic heterocycles. The van der Waals surface area contributed by atoms with Gasteiger partial charge in [0, 0.05) is 29.2 Å². The summed E-state index contributed by atoms with van der Waals surface area (Å²) >= 11 is 8.90. The quantitative estimate of drug-likeness (QED) is 0.561. The van der Waals surface area contributed by atoms with Crippen LogP contribution in [-0.2, 0) is 26.7 Å². The maximum Gasteiger partial charge on any atom is 0.417 e. The molecule has 0 atom stereocenters. The Hall–Kier alpha value is -1.62. The fraction of sp³-hybridized carbons (Fsp3) is 0.350. The van der Waals surface area contributed by atoms with Crippen LogP contribution >= 0.6 is 27.5 Å². The Kier molecular flexibility index (Phi) is 7.35. The number of halogens is 5. The van der Waals surface area contributed by atoms with Gasteiger partial charge in [-0.05, 0) is 48.7 Å². The number of carbonyl (C=O) groups excluding carboxylic acids is 1. The Morgan fingerprint density at radius 3 is 2.32 bits per heavy atom. The molecule has 5 nitrogen and oxygen atoms in total. The molecule has 1 aliphatic rings. The topological polar surface area (TPSA) is 66.5 Å². The van der Waals surface area contributed by atoms with E-state index in [2.05, 4.69) is 21.2 Å². The monoisotopic (exact) mass is 538 g/mol. The standard InChI is InChI=1S/C20H19BrClF3N2O3S/c21-15-3-1-13(2-4-15)12-31(29,30)27-9-7-14(8-10-27)19(28)26-16-5-6-18(22)17(11-16)20(23,24)25/h1-6,11,14H,7-10,12H2,(H,26,28). The van der Waals surface area contributed by atoms with Gasteiger partial charge in [0.15, 0.2) is 0 Å². The Morgan fingerprint density at radius 2 is 1.74 bits per heavy atom. The third-order valence-electron chi connectivity index (χ3n) is 5.02. The number of nitrogens with one attached hydrogen (secondary N) is 1. The molecule has 1 saturated heterocycles. The lowest BCUT2D eigenvalue weighted by atomic mass is 9.97. The lowest BCUT2D eigenvalue weighted by Gasteiger charge is -2.30. The van der Waals surface area contributed by atoms with Crippen molar-refractivity contribution in [1.29, 1.82) is 0 Å². The van der Waals surface area contributed by atoms with E-state index in [4.69, 9.17) is 11.6 Å². The van der Waals surface area contributed by atoms with E-state index in [0.29, 0.717) is 5.56 Å². The number of sulfonamides is 1. The molecule has 1 fully saturated rings. The second-order valence-corrected chi connectivity index (χ2v) is 10.5. The van der Waals surface area contributed by atoms with Gasteiger partial charge in [-0.2, -0.15) is 13.2 Å². The molecule has 168 valence electrons. The second kappa shape index (κ2) is 9.48. The van der Waals surface area contributed by atoms with Gasteiger partial charge in [0.05, 0.1) is 16.3 Å². The smallest absolute Gasteiger partial charge is 0.326 e. The van der Waals surface area contributed by atoms with Gasteiger partial charge < -0.3 is 5.32 Å². The summed E-state index contributed by atoms with van der Waals surface area (Å²) in [6.07, 6.45) is -4.07. The largest absolute Gasteiger partial charge is 0.417 e. The number of hydrogen-bond donors (Lipinski definition) is 1. The molecule has 31 heavy (non-hydrogen) atoms. The number of anilines is 1. The van der Waals surface area contributed by atoms with Gasteiger partial charge in [0.25, 0.3) is 0 Å². The van der Waals surface area contributed by atoms with Crippen LogP contribution in [0.15, 0.2) is 46.9 Å². The Morgan fingerprint density at radius 1 is 1.13 bits per heavy atom. The summed E-state index contributed by atoms with van der Waals surface area (Å²) in [6, 6.07) is 10.2. The molecule has 1 amide bonds. The fourth-order valence-electron chi connectivity index (χ4n) is 3.34. The van der Waals surface area contributed by atoms with Crippen LogP contribution in [0.2, 0.25) is 5.02 Å². The Balaban J connectivity index is 1.59. The van der Waals surface area contributed by atoms with Crippen molar-refractivity contribution in [2.24, 2.45) is 5.92 Å². The van der Waals surface area contributed by atoms with Gasteiger partial charge in [-0.3, -0.25) is 4.79 Å². The van der Waals surface area contributed by atoms with Crippen LogP contribution in [0.3, 0.4) is 0 Å². The maximum atomic E-state index is 13.0. The first-order chi connectivity index (χ1) is 14.5. The third kappa shape index (κ3) is 6.21. The summed E-state index contributed by atoms with van der Waals surface area (Å²) in [5, 5.41) is 2.03. The van der Waals surface area contributed by atoms with Crippen molar-refractivity contribution in [3.05, 3.63) is 63.1 Å².